The SMILES string of the molecule is O=C(Nc1nc(-c2cc(F)ccc2F)cs1)[C@@H]1CCS(=O)(=O)C1. The second-order valence-electron chi connectivity index (χ2n) is 5.25. The van der Waals surface area contributed by atoms with E-state index in [1.165, 1.54) is 5.38 Å². The average molecular weight is 358 g/mol. The van der Waals surface area contributed by atoms with Crippen molar-refractivity contribution in [3.63, 3.8) is 0 Å². The number of nitrogens with zero attached hydrogens (tertiary/aromatic N) is 1. The number of hydrogen-bond donors (Lipinski definition) is 1. The van der Waals surface area contributed by atoms with Gasteiger partial charge in [-0.05, 0) is 24.6 Å². The fourth-order valence-electron chi connectivity index (χ4n) is 2.36. The fraction of sp³-hybridized carbons (Fsp3) is 0.286. The maximum atomic E-state index is 13.7. The van der Waals surface area contributed by atoms with Crippen LogP contribution in [0.4, 0.5) is 13.9 Å². The molecule has 1 N–H and O–H groups in total. The molecule has 0 saturated carbocycles. The fourth-order valence-corrected chi connectivity index (χ4v) is 4.81. The number of amides is 1. The lowest BCUT2D eigenvalue weighted by Crippen LogP contribution is -2.23. The lowest BCUT2D eigenvalue weighted by molar-refractivity contribution is -0.119. The van der Waals surface area contributed by atoms with Crippen LogP contribution in [-0.4, -0.2) is 30.8 Å². The number of anilines is 1. The van der Waals surface area contributed by atoms with Crippen LogP contribution >= 0.6 is 11.3 Å². The highest BCUT2D eigenvalue weighted by molar-refractivity contribution is 7.91. The number of hydrogen-bond acceptors (Lipinski definition) is 5. The van der Waals surface area contributed by atoms with Gasteiger partial charge in [0.1, 0.15) is 11.6 Å². The van der Waals surface area contributed by atoms with Crippen LogP contribution in [0.25, 0.3) is 11.3 Å². The van der Waals surface area contributed by atoms with Crippen LogP contribution in [0.5, 0.6) is 0 Å². The summed E-state index contributed by atoms with van der Waals surface area (Å²) in [5.41, 5.74) is 0.214. The zero-order valence-corrected chi connectivity index (χ0v) is 13.4. The lowest BCUT2D eigenvalue weighted by atomic mass is 10.1. The van der Waals surface area contributed by atoms with Crippen molar-refractivity contribution in [3.05, 3.63) is 35.2 Å². The zero-order valence-electron chi connectivity index (χ0n) is 11.8. The third-order valence-electron chi connectivity index (χ3n) is 3.54. The van der Waals surface area contributed by atoms with Gasteiger partial charge in [-0.2, -0.15) is 0 Å². The smallest absolute Gasteiger partial charge is 0.230 e. The second kappa shape index (κ2) is 5.97. The molecule has 1 amide bonds. The summed E-state index contributed by atoms with van der Waals surface area (Å²) in [6.07, 6.45) is 0.283. The lowest BCUT2D eigenvalue weighted by Gasteiger charge is -2.06. The summed E-state index contributed by atoms with van der Waals surface area (Å²) in [4.78, 5) is 16.1. The Hall–Kier alpha value is -1.87. The van der Waals surface area contributed by atoms with Crippen molar-refractivity contribution >= 4 is 32.2 Å². The average Bonchev–Trinajstić information content (AvgIpc) is 3.08. The minimum absolute atomic E-state index is 0.00269. The Morgan fingerprint density at radius 3 is 2.83 bits per heavy atom. The first-order chi connectivity index (χ1) is 10.8. The molecule has 1 saturated heterocycles. The Labute approximate surface area is 135 Å². The molecule has 2 aromatic rings. The van der Waals surface area contributed by atoms with Gasteiger partial charge in [0, 0.05) is 10.9 Å². The summed E-state index contributed by atoms with van der Waals surface area (Å²) < 4.78 is 49.7. The van der Waals surface area contributed by atoms with Gasteiger partial charge in [-0.25, -0.2) is 22.2 Å². The van der Waals surface area contributed by atoms with Crippen LogP contribution in [0, 0.1) is 17.6 Å². The van der Waals surface area contributed by atoms with Gasteiger partial charge >= 0.3 is 0 Å². The van der Waals surface area contributed by atoms with Crippen molar-refractivity contribution < 1.29 is 22.0 Å². The Morgan fingerprint density at radius 2 is 2.13 bits per heavy atom. The van der Waals surface area contributed by atoms with Crippen LogP contribution < -0.4 is 5.32 Å². The second-order valence-corrected chi connectivity index (χ2v) is 8.34. The molecule has 1 atom stereocenters. The van der Waals surface area contributed by atoms with E-state index in [2.05, 4.69) is 10.3 Å². The first-order valence-corrected chi connectivity index (χ1v) is 9.46. The van der Waals surface area contributed by atoms with Gasteiger partial charge in [0.25, 0.3) is 0 Å². The highest BCUT2D eigenvalue weighted by Gasteiger charge is 2.33. The predicted octanol–water partition coefficient (Wildman–Crippen LogP) is 2.46. The molecule has 0 unspecified atom stereocenters. The summed E-state index contributed by atoms with van der Waals surface area (Å²) >= 11 is 1.06. The largest absolute Gasteiger partial charge is 0.302 e. The van der Waals surface area contributed by atoms with Crippen molar-refractivity contribution in [2.24, 2.45) is 5.92 Å². The van der Waals surface area contributed by atoms with E-state index in [1.807, 2.05) is 0 Å². The molecule has 1 aliphatic heterocycles. The number of aromatic nitrogens is 1. The normalized spacial score (nSPS) is 19.7. The van der Waals surface area contributed by atoms with Gasteiger partial charge in [-0.3, -0.25) is 4.79 Å². The van der Waals surface area contributed by atoms with E-state index in [0.29, 0.717) is 0 Å². The van der Waals surface area contributed by atoms with Crippen LogP contribution in [0.2, 0.25) is 0 Å². The Balaban J connectivity index is 1.75. The minimum Gasteiger partial charge on any atom is -0.302 e. The van der Waals surface area contributed by atoms with E-state index in [9.17, 15) is 22.0 Å². The molecule has 1 aromatic heterocycles. The molecule has 1 aliphatic rings. The van der Waals surface area contributed by atoms with E-state index in [1.54, 1.807) is 0 Å². The van der Waals surface area contributed by atoms with Crippen molar-refractivity contribution in [3.8, 4) is 11.3 Å². The molecule has 0 radical (unpaired) electrons. The highest BCUT2D eigenvalue weighted by Crippen LogP contribution is 2.28. The Morgan fingerprint density at radius 1 is 1.35 bits per heavy atom. The van der Waals surface area contributed by atoms with E-state index < -0.39 is 33.3 Å². The van der Waals surface area contributed by atoms with Crippen molar-refractivity contribution in [1.29, 1.82) is 0 Å². The number of nitrogens with one attached hydrogen (secondary N) is 1. The molecule has 122 valence electrons. The number of sulfone groups is 1. The number of carbonyl (C=O) groups is 1. The van der Waals surface area contributed by atoms with E-state index in [4.69, 9.17) is 0 Å². The number of carbonyl (C=O) groups excluding carboxylic acids is 1. The van der Waals surface area contributed by atoms with Gasteiger partial charge in [0.2, 0.25) is 5.91 Å². The van der Waals surface area contributed by atoms with E-state index in [-0.39, 0.29) is 34.3 Å². The monoisotopic (exact) mass is 358 g/mol. The van der Waals surface area contributed by atoms with Crippen LogP contribution in [-0.2, 0) is 14.6 Å². The number of thiazole rings is 1. The Bertz CT molecular complexity index is 865. The molecule has 23 heavy (non-hydrogen) atoms. The van der Waals surface area contributed by atoms with Crippen molar-refractivity contribution in [1.82, 2.24) is 4.98 Å². The summed E-state index contributed by atoms with van der Waals surface area (Å²) in [6, 6.07) is 3.04. The maximum absolute atomic E-state index is 13.7. The van der Waals surface area contributed by atoms with Gasteiger partial charge in [0.05, 0.1) is 23.1 Å². The van der Waals surface area contributed by atoms with E-state index in [0.717, 1.165) is 29.5 Å². The summed E-state index contributed by atoms with van der Waals surface area (Å²) in [5, 5.41) is 4.25. The molecular formula is C14H12F2N2O3S2. The number of halogens is 2. The quantitative estimate of drug-likeness (QED) is 0.914. The highest BCUT2D eigenvalue weighted by atomic mass is 32.2. The first kappa shape index (κ1) is 16.0. The van der Waals surface area contributed by atoms with Gasteiger partial charge in [-0.15, -0.1) is 11.3 Å². The summed E-state index contributed by atoms with van der Waals surface area (Å²) in [7, 11) is -3.15. The molecule has 5 nitrogen and oxygen atoms in total. The van der Waals surface area contributed by atoms with E-state index >= 15 is 0 Å². The molecule has 0 aliphatic carbocycles. The standard InChI is InChI=1S/C14H12F2N2O3S2/c15-9-1-2-11(16)10(5-9)12-6-22-14(17-12)18-13(19)8-3-4-23(20,21)7-8/h1-2,5-6,8H,3-4,7H2,(H,17,18,19)/t8-/m1/s1. The molecule has 1 fully saturated rings. The number of rotatable bonds is 3. The summed E-state index contributed by atoms with van der Waals surface area (Å²) in [5.74, 6) is -2.39. The summed E-state index contributed by atoms with van der Waals surface area (Å²) in [6.45, 7) is 0. The van der Waals surface area contributed by atoms with Crippen molar-refractivity contribution in [2.45, 2.75) is 6.42 Å². The molecule has 2 heterocycles. The molecule has 0 spiro atoms. The molecular weight excluding hydrogens is 346 g/mol. The van der Waals surface area contributed by atoms with Crippen LogP contribution in [0.1, 0.15) is 6.42 Å². The Kier molecular flexibility index (Phi) is 4.15. The molecule has 1 aromatic carbocycles. The van der Waals surface area contributed by atoms with Gasteiger partial charge < -0.3 is 5.32 Å². The third kappa shape index (κ3) is 3.56. The minimum atomic E-state index is -3.15. The molecule has 0 bridgehead atoms. The third-order valence-corrected chi connectivity index (χ3v) is 6.07. The van der Waals surface area contributed by atoms with Gasteiger partial charge in [-0.1, -0.05) is 0 Å². The maximum Gasteiger partial charge on any atom is 0.230 e. The van der Waals surface area contributed by atoms with Crippen LogP contribution in [0.15, 0.2) is 23.6 Å². The number of benzene rings is 1. The topological polar surface area (TPSA) is 76.1 Å². The van der Waals surface area contributed by atoms with Crippen molar-refractivity contribution in [2.75, 3.05) is 16.8 Å². The van der Waals surface area contributed by atoms with Gasteiger partial charge in [0.15, 0.2) is 15.0 Å². The first-order valence-electron chi connectivity index (χ1n) is 6.76. The molecule has 9 heteroatoms. The molecule has 3 rings (SSSR count). The predicted molar refractivity (Wildman–Crippen MR) is 82.9 cm³/mol. The zero-order chi connectivity index (χ0) is 16.6. The van der Waals surface area contributed by atoms with Crippen LogP contribution in [0.3, 0.4) is 0 Å².